The van der Waals surface area contributed by atoms with Gasteiger partial charge in [-0.15, -0.1) is 0 Å². The molecule has 2 saturated heterocycles. The van der Waals surface area contributed by atoms with E-state index in [1.807, 2.05) is 36.1 Å². The summed E-state index contributed by atoms with van der Waals surface area (Å²) in [6.45, 7) is 9.37. The van der Waals surface area contributed by atoms with E-state index >= 15 is 0 Å². The van der Waals surface area contributed by atoms with Crippen LogP contribution in [0, 0.1) is 11.8 Å². The molecule has 0 unspecified atom stereocenters. The Labute approximate surface area is 162 Å². The van der Waals surface area contributed by atoms with Gasteiger partial charge < -0.3 is 24.5 Å². The van der Waals surface area contributed by atoms with E-state index in [9.17, 15) is 9.90 Å². The number of amides is 1. The summed E-state index contributed by atoms with van der Waals surface area (Å²) in [7, 11) is 2.17. The van der Waals surface area contributed by atoms with E-state index in [1.165, 1.54) is 6.42 Å². The van der Waals surface area contributed by atoms with Crippen LogP contribution in [0.4, 0.5) is 0 Å². The maximum Gasteiger partial charge on any atom is 0.254 e. The lowest BCUT2D eigenvalue weighted by atomic mass is 9.96. The molecule has 6 heteroatoms. The fourth-order valence-electron chi connectivity index (χ4n) is 4.20. The Bertz CT molecular complexity index is 624. The fourth-order valence-corrected chi connectivity index (χ4v) is 4.20. The number of aliphatic hydroxyl groups is 1. The van der Waals surface area contributed by atoms with Gasteiger partial charge in [-0.2, -0.15) is 0 Å². The van der Waals surface area contributed by atoms with Crippen molar-refractivity contribution in [3.8, 4) is 5.75 Å². The lowest BCUT2D eigenvalue weighted by molar-refractivity contribution is 0.0778. The summed E-state index contributed by atoms with van der Waals surface area (Å²) in [6.07, 6.45) is 1.18. The van der Waals surface area contributed by atoms with Crippen LogP contribution >= 0.6 is 0 Å². The van der Waals surface area contributed by atoms with Crippen molar-refractivity contribution >= 4 is 5.91 Å². The highest BCUT2D eigenvalue weighted by Crippen LogP contribution is 2.27. The average molecular weight is 376 g/mol. The largest absolute Gasteiger partial charge is 0.494 e. The fraction of sp³-hybridized carbons (Fsp3) is 0.667. The summed E-state index contributed by atoms with van der Waals surface area (Å²) < 4.78 is 5.52. The van der Waals surface area contributed by atoms with Gasteiger partial charge in [0.25, 0.3) is 5.91 Å². The van der Waals surface area contributed by atoms with Gasteiger partial charge in [0.05, 0.1) is 6.61 Å². The van der Waals surface area contributed by atoms with Gasteiger partial charge in [-0.1, -0.05) is 6.07 Å². The van der Waals surface area contributed by atoms with Crippen molar-refractivity contribution in [1.29, 1.82) is 0 Å². The van der Waals surface area contributed by atoms with E-state index in [1.54, 1.807) is 0 Å². The molecule has 1 amide bonds. The molecule has 3 rings (SSSR count). The minimum Gasteiger partial charge on any atom is -0.494 e. The maximum absolute atomic E-state index is 13.0. The first kappa shape index (κ1) is 20.1. The number of carbonyl (C=O) groups is 1. The zero-order valence-corrected chi connectivity index (χ0v) is 16.6. The normalized spacial score (nSPS) is 24.8. The monoisotopic (exact) mass is 375 g/mol. The van der Waals surface area contributed by atoms with E-state index in [4.69, 9.17) is 4.74 Å². The van der Waals surface area contributed by atoms with Crippen LogP contribution in [0.2, 0.25) is 0 Å². The number of likely N-dealkylation sites (N-methyl/N-ethyl adjacent to an activating group) is 1. The molecule has 2 heterocycles. The van der Waals surface area contributed by atoms with Crippen LogP contribution < -0.4 is 4.74 Å². The van der Waals surface area contributed by atoms with Crippen molar-refractivity contribution in [3.05, 3.63) is 29.8 Å². The topological polar surface area (TPSA) is 56.2 Å². The van der Waals surface area contributed by atoms with E-state index < -0.39 is 0 Å². The Morgan fingerprint density at radius 3 is 2.78 bits per heavy atom. The van der Waals surface area contributed by atoms with Crippen LogP contribution in [-0.4, -0.2) is 91.8 Å². The number of rotatable bonds is 6. The molecule has 2 aliphatic heterocycles. The molecule has 1 N–H and O–H groups in total. The summed E-state index contributed by atoms with van der Waals surface area (Å²) >= 11 is 0. The zero-order chi connectivity index (χ0) is 19.2. The number of hydrogen-bond donors (Lipinski definition) is 1. The van der Waals surface area contributed by atoms with Crippen molar-refractivity contribution in [3.63, 3.8) is 0 Å². The zero-order valence-electron chi connectivity index (χ0n) is 16.6. The molecule has 6 nitrogen and oxygen atoms in total. The summed E-state index contributed by atoms with van der Waals surface area (Å²) in [5, 5.41) is 9.86. The first-order valence-electron chi connectivity index (χ1n) is 10.1. The van der Waals surface area contributed by atoms with Crippen LogP contribution in [0.5, 0.6) is 5.75 Å². The number of benzene rings is 1. The summed E-state index contributed by atoms with van der Waals surface area (Å²) in [6, 6.07) is 7.40. The molecule has 0 aliphatic carbocycles. The van der Waals surface area contributed by atoms with Gasteiger partial charge in [0, 0.05) is 50.8 Å². The van der Waals surface area contributed by atoms with Gasteiger partial charge >= 0.3 is 0 Å². The highest BCUT2D eigenvalue weighted by atomic mass is 16.5. The van der Waals surface area contributed by atoms with Crippen molar-refractivity contribution in [2.24, 2.45) is 11.8 Å². The molecule has 150 valence electrons. The molecule has 1 aromatic rings. The van der Waals surface area contributed by atoms with Crippen LogP contribution in [0.3, 0.4) is 0 Å². The molecule has 0 bridgehead atoms. The molecule has 0 aromatic heterocycles. The van der Waals surface area contributed by atoms with Gasteiger partial charge in [-0.25, -0.2) is 0 Å². The third kappa shape index (κ3) is 5.21. The lowest BCUT2D eigenvalue weighted by Crippen LogP contribution is -2.36. The number of hydrogen-bond acceptors (Lipinski definition) is 5. The lowest BCUT2D eigenvalue weighted by Gasteiger charge is -2.26. The number of ether oxygens (including phenoxy) is 1. The third-order valence-corrected chi connectivity index (χ3v) is 5.80. The number of carbonyl (C=O) groups excluding carboxylic acids is 1. The van der Waals surface area contributed by atoms with Crippen LogP contribution in [0.1, 0.15) is 23.7 Å². The molecule has 2 atom stereocenters. The first-order chi connectivity index (χ1) is 13.1. The Hall–Kier alpha value is -1.63. The average Bonchev–Trinajstić information content (AvgIpc) is 2.97. The molecular weight excluding hydrogens is 342 g/mol. The van der Waals surface area contributed by atoms with Crippen LogP contribution in [-0.2, 0) is 0 Å². The number of nitrogens with zero attached hydrogens (tertiary/aromatic N) is 3. The van der Waals surface area contributed by atoms with Crippen LogP contribution in [0.25, 0.3) is 0 Å². The minimum absolute atomic E-state index is 0.0353. The molecule has 27 heavy (non-hydrogen) atoms. The summed E-state index contributed by atoms with van der Waals surface area (Å²) in [5.74, 6) is 1.25. The molecule has 0 spiro atoms. The Morgan fingerprint density at radius 2 is 2.00 bits per heavy atom. The molecule has 2 fully saturated rings. The van der Waals surface area contributed by atoms with Gasteiger partial charge in [0.2, 0.25) is 0 Å². The second-order valence-corrected chi connectivity index (χ2v) is 7.83. The second-order valence-electron chi connectivity index (χ2n) is 7.83. The Balaban J connectivity index is 1.62. The SMILES string of the molecule is CCOc1cccc(C(=O)N2C[C@@H](CN3CCCN(C)CC3)[C@@H](CO)C2)c1. The summed E-state index contributed by atoms with van der Waals surface area (Å²) in [5.41, 5.74) is 0.662. The minimum atomic E-state index is 0.0353. The quantitative estimate of drug-likeness (QED) is 0.815. The Morgan fingerprint density at radius 1 is 1.19 bits per heavy atom. The predicted octanol–water partition coefficient (Wildman–Crippen LogP) is 1.40. The highest BCUT2D eigenvalue weighted by Gasteiger charge is 2.36. The van der Waals surface area contributed by atoms with Crippen molar-refractivity contribution in [2.75, 3.05) is 66.1 Å². The van der Waals surface area contributed by atoms with Gasteiger partial charge in [0.1, 0.15) is 5.75 Å². The van der Waals surface area contributed by atoms with Crippen LogP contribution in [0.15, 0.2) is 24.3 Å². The van der Waals surface area contributed by atoms with E-state index in [0.717, 1.165) is 45.0 Å². The summed E-state index contributed by atoms with van der Waals surface area (Å²) in [4.78, 5) is 19.7. The van der Waals surface area contributed by atoms with E-state index in [-0.39, 0.29) is 18.4 Å². The molecule has 2 aliphatic rings. The maximum atomic E-state index is 13.0. The van der Waals surface area contributed by atoms with Crippen molar-refractivity contribution in [2.45, 2.75) is 13.3 Å². The second kappa shape index (κ2) is 9.53. The number of likely N-dealkylation sites (tertiary alicyclic amines) is 1. The molecular formula is C21H33N3O3. The standard InChI is InChI=1S/C21H33N3O3/c1-3-27-20-7-4-6-17(12-20)21(26)24-14-18(19(15-24)16-25)13-23-9-5-8-22(2)10-11-23/h4,6-7,12,18-19,25H,3,5,8-11,13-16H2,1-2H3/t18-,19-/m1/s1. The number of aliphatic hydroxyl groups excluding tert-OH is 1. The highest BCUT2D eigenvalue weighted by molar-refractivity contribution is 5.94. The van der Waals surface area contributed by atoms with E-state index in [0.29, 0.717) is 24.6 Å². The van der Waals surface area contributed by atoms with Crippen molar-refractivity contribution in [1.82, 2.24) is 14.7 Å². The van der Waals surface area contributed by atoms with Crippen molar-refractivity contribution < 1.29 is 14.6 Å². The molecule has 1 aromatic carbocycles. The molecule has 0 saturated carbocycles. The van der Waals surface area contributed by atoms with E-state index in [2.05, 4.69) is 16.8 Å². The first-order valence-corrected chi connectivity index (χ1v) is 10.1. The smallest absolute Gasteiger partial charge is 0.254 e. The van der Waals surface area contributed by atoms with Gasteiger partial charge in [-0.3, -0.25) is 4.79 Å². The Kier molecular flexibility index (Phi) is 7.10. The molecule has 0 radical (unpaired) electrons. The van der Waals surface area contributed by atoms with Gasteiger partial charge in [-0.05, 0) is 57.6 Å². The van der Waals surface area contributed by atoms with Gasteiger partial charge in [0.15, 0.2) is 0 Å². The predicted molar refractivity (Wildman–Crippen MR) is 106 cm³/mol. The third-order valence-electron chi connectivity index (χ3n) is 5.80.